The summed E-state index contributed by atoms with van der Waals surface area (Å²) < 4.78 is 40.6. The molecule has 0 saturated carbocycles. The minimum Gasteiger partial charge on any atom is -0.405 e. The van der Waals surface area contributed by atoms with Crippen LogP contribution in [0.1, 0.15) is 10.4 Å². The third-order valence-corrected chi connectivity index (χ3v) is 2.47. The van der Waals surface area contributed by atoms with Crippen LogP contribution in [0.5, 0.6) is 5.75 Å². The average Bonchev–Trinajstić information content (AvgIpc) is 2.38. The molecule has 0 aromatic heterocycles. The van der Waals surface area contributed by atoms with Crippen LogP contribution in [0, 0.1) is 0 Å². The van der Waals surface area contributed by atoms with E-state index >= 15 is 0 Å². The van der Waals surface area contributed by atoms with Crippen molar-refractivity contribution in [3.05, 3.63) is 54.1 Å². The van der Waals surface area contributed by atoms with Crippen molar-refractivity contribution in [2.45, 2.75) is 6.36 Å². The van der Waals surface area contributed by atoms with Crippen molar-refractivity contribution in [3.63, 3.8) is 0 Å². The highest BCUT2D eigenvalue weighted by molar-refractivity contribution is 5.81. The zero-order valence-electron chi connectivity index (χ0n) is 9.65. The molecule has 0 aliphatic carbocycles. The van der Waals surface area contributed by atoms with E-state index in [0.717, 1.165) is 5.56 Å². The van der Waals surface area contributed by atoms with Gasteiger partial charge in [0.15, 0.2) is 6.29 Å². The lowest BCUT2D eigenvalue weighted by atomic mass is 10.0. The predicted molar refractivity (Wildman–Crippen MR) is 63.9 cm³/mol. The lowest BCUT2D eigenvalue weighted by Crippen LogP contribution is -2.18. The molecular weight excluding hydrogens is 257 g/mol. The van der Waals surface area contributed by atoms with Gasteiger partial charge in [-0.2, -0.15) is 0 Å². The van der Waals surface area contributed by atoms with Gasteiger partial charge in [-0.25, -0.2) is 0 Å². The second kappa shape index (κ2) is 5.14. The molecule has 2 rings (SSSR count). The fraction of sp³-hybridized carbons (Fsp3) is 0.0714. The van der Waals surface area contributed by atoms with Crippen molar-refractivity contribution >= 4 is 6.29 Å². The van der Waals surface area contributed by atoms with Crippen molar-refractivity contribution in [2.75, 3.05) is 0 Å². The van der Waals surface area contributed by atoms with Gasteiger partial charge in [-0.3, -0.25) is 4.79 Å². The summed E-state index contributed by atoms with van der Waals surface area (Å²) in [5.41, 5.74) is 1.15. The van der Waals surface area contributed by atoms with E-state index in [2.05, 4.69) is 4.74 Å². The second-order valence-electron chi connectivity index (χ2n) is 3.78. The number of halogens is 3. The van der Waals surface area contributed by atoms with Gasteiger partial charge >= 0.3 is 6.36 Å². The fourth-order valence-corrected chi connectivity index (χ4v) is 1.65. The summed E-state index contributed by atoms with van der Waals surface area (Å²) in [6.45, 7) is 0. The highest BCUT2D eigenvalue weighted by Gasteiger charge is 2.32. The number of ether oxygens (including phenoxy) is 1. The zero-order chi connectivity index (χ0) is 13.9. The van der Waals surface area contributed by atoms with Crippen LogP contribution in [-0.2, 0) is 0 Å². The van der Waals surface area contributed by atoms with Crippen molar-refractivity contribution < 1.29 is 22.7 Å². The van der Waals surface area contributed by atoms with E-state index in [-0.39, 0.29) is 5.56 Å². The molecule has 2 aromatic carbocycles. The summed E-state index contributed by atoms with van der Waals surface area (Å²) in [5, 5.41) is 0. The first-order valence-corrected chi connectivity index (χ1v) is 5.40. The number of carbonyl (C=O) groups is 1. The van der Waals surface area contributed by atoms with Crippen LogP contribution in [-0.4, -0.2) is 12.6 Å². The fourth-order valence-electron chi connectivity index (χ4n) is 1.65. The van der Waals surface area contributed by atoms with Crippen molar-refractivity contribution in [1.82, 2.24) is 0 Å². The molecule has 19 heavy (non-hydrogen) atoms. The number of carbonyl (C=O) groups excluding carboxylic acids is 1. The Bertz CT molecular complexity index is 577. The Morgan fingerprint density at radius 2 is 1.63 bits per heavy atom. The Hall–Kier alpha value is -2.30. The van der Waals surface area contributed by atoms with Crippen molar-refractivity contribution in [3.8, 4) is 16.9 Å². The van der Waals surface area contributed by atoms with Crippen LogP contribution in [0.25, 0.3) is 11.1 Å². The van der Waals surface area contributed by atoms with Gasteiger partial charge in [-0.1, -0.05) is 36.4 Å². The maximum absolute atomic E-state index is 12.3. The normalized spacial score (nSPS) is 11.1. The summed E-state index contributed by atoms with van der Waals surface area (Å²) >= 11 is 0. The highest BCUT2D eigenvalue weighted by atomic mass is 19.4. The van der Waals surface area contributed by atoms with E-state index in [1.165, 1.54) is 12.1 Å². The molecule has 0 atom stereocenters. The molecule has 2 aromatic rings. The van der Waals surface area contributed by atoms with Crippen LogP contribution >= 0.6 is 0 Å². The van der Waals surface area contributed by atoms with Crippen LogP contribution < -0.4 is 4.74 Å². The van der Waals surface area contributed by atoms with E-state index in [4.69, 9.17) is 0 Å². The Labute approximate surface area is 107 Å². The van der Waals surface area contributed by atoms with E-state index in [1.807, 2.05) is 0 Å². The molecule has 0 amide bonds. The minimum atomic E-state index is -4.83. The Balaban J connectivity index is 2.44. The number of aldehydes is 1. The first-order valence-electron chi connectivity index (χ1n) is 5.40. The van der Waals surface area contributed by atoms with E-state index in [1.54, 1.807) is 36.4 Å². The van der Waals surface area contributed by atoms with E-state index < -0.39 is 12.1 Å². The van der Waals surface area contributed by atoms with Gasteiger partial charge < -0.3 is 4.74 Å². The maximum Gasteiger partial charge on any atom is 0.573 e. The zero-order valence-corrected chi connectivity index (χ0v) is 9.65. The SMILES string of the molecule is O=Cc1ccc(-c2ccccc2)cc1OC(F)(F)F. The topological polar surface area (TPSA) is 26.3 Å². The summed E-state index contributed by atoms with van der Waals surface area (Å²) in [4.78, 5) is 10.7. The molecule has 0 N–H and O–H groups in total. The molecule has 0 radical (unpaired) electrons. The van der Waals surface area contributed by atoms with Crippen molar-refractivity contribution in [1.29, 1.82) is 0 Å². The third kappa shape index (κ3) is 3.34. The highest BCUT2D eigenvalue weighted by Crippen LogP contribution is 2.30. The molecular formula is C14H9F3O2. The molecule has 0 aliphatic heterocycles. The standard InChI is InChI=1S/C14H9F3O2/c15-14(16,17)19-13-8-11(6-7-12(13)9-18)10-4-2-1-3-5-10/h1-9H. The predicted octanol–water partition coefficient (Wildman–Crippen LogP) is 4.06. The summed E-state index contributed by atoms with van der Waals surface area (Å²) in [7, 11) is 0. The molecule has 0 bridgehead atoms. The molecule has 0 unspecified atom stereocenters. The smallest absolute Gasteiger partial charge is 0.405 e. The second-order valence-corrected chi connectivity index (χ2v) is 3.78. The van der Waals surface area contributed by atoms with E-state index in [0.29, 0.717) is 11.8 Å². The Morgan fingerprint density at radius 1 is 0.947 bits per heavy atom. The van der Waals surface area contributed by atoms with E-state index in [9.17, 15) is 18.0 Å². The van der Waals surface area contributed by atoms with Crippen LogP contribution in [0.3, 0.4) is 0 Å². The molecule has 98 valence electrons. The third-order valence-electron chi connectivity index (χ3n) is 2.47. The number of hydrogen-bond acceptors (Lipinski definition) is 2. The van der Waals surface area contributed by atoms with Gasteiger partial charge in [0.1, 0.15) is 5.75 Å². The first-order chi connectivity index (χ1) is 8.99. The Kier molecular flexibility index (Phi) is 3.55. The quantitative estimate of drug-likeness (QED) is 0.783. The largest absolute Gasteiger partial charge is 0.573 e. The molecule has 0 saturated heterocycles. The number of benzene rings is 2. The van der Waals surface area contributed by atoms with Gasteiger partial charge in [0, 0.05) is 0 Å². The summed E-state index contributed by atoms with van der Waals surface area (Å²) in [6.07, 6.45) is -4.50. The minimum absolute atomic E-state index is 0.142. The maximum atomic E-state index is 12.3. The molecule has 2 nitrogen and oxygen atoms in total. The summed E-state index contributed by atoms with van der Waals surface area (Å²) in [5.74, 6) is -0.496. The monoisotopic (exact) mass is 266 g/mol. The number of rotatable bonds is 3. The lowest BCUT2D eigenvalue weighted by molar-refractivity contribution is -0.274. The first kappa shape index (κ1) is 13.1. The molecule has 0 fully saturated rings. The van der Waals surface area contributed by atoms with Crippen LogP contribution in [0.2, 0.25) is 0 Å². The Morgan fingerprint density at radius 3 is 2.21 bits per heavy atom. The van der Waals surface area contributed by atoms with Crippen LogP contribution in [0.15, 0.2) is 48.5 Å². The van der Waals surface area contributed by atoms with Gasteiger partial charge in [-0.15, -0.1) is 13.2 Å². The van der Waals surface area contributed by atoms with Gasteiger partial charge in [-0.05, 0) is 23.3 Å². The molecule has 0 aliphatic rings. The van der Waals surface area contributed by atoms with Gasteiger partial charge in [0.25, 0.3) is 0 Å². The molecule has 5 heteroatoms. The number of alkyl halides is 3. The lowest BCUT2D eigenvalue weighted by Gasteiger charge is -2.12. The van der Waals surface area contributed by atoms with Gasteiger partial charge in [0.05, 0.1) is 5.56 Å². The van der Waals surface area contributed by atoms with Gasteiger partial charge in [0.2, 0.25) is 0 Å². The number of hydrogen-bond donors (Lipinski definition) is 0. The average molecular weight is 266 g/mol. The van der Waals surface area contributed by atoms with Crippen LogP contribution in [0.4, 0.5) is 13.2 Å². The van der Waals surface area contributed by atoms with Crippen molar-refractivity contribution in [2.24, 2.45) is 0 Å². The molecule has 0 heterocycles. The summed E-state index contributed by atoms with van der Waals surface area (Å²) in [6, 6.07) is 12.9. The molecule has 0 spiro atoms.